The molecular weight excluding hydrogens is 558 g/mol. The highest BCUT2D eigenvalue weighted by molar-refractivity contribution is 8.02. The molecule has 0 aliphatic carbocycles. The molecule has 4 aliphatic heterocycles. The Hall–Kier alpha value is -3.07. The van der Waals surface area contributed by atoms with Gasteiger partial charge in [-0.1, -0.05) is 78.4 Å². The van der Waals surface area contributed by atoms with E-state index in [1.807, 2.05) is 71.7 Å². The molecule has 0 aromatic heterocycles. The van der Waals surface area contributed by atoms with Crippen molar-refractivity contribution in [3.05, 3.63) is 89.5 Å². The van der Waals surface area contributed by atoms with Crippen molar-refractivity contribution < 1.29 is 19.5 Å². The number of aliphatic hydroxyl groups excluding tert-OH is 1. The summed E-state index contributed by atoms with van der Waals surface area (Å²) in [5.41, 5.74) is 1.65. The molecule has 2 fully saturated rings. The minimum atomic E-state index is -0.869. The second kappa shape index (κ2) is 11.7. The van der Waals surface area contributed by atoms with E-state index in [0.29, 0.717) is 49.7 Å². The van der Waals surface area contributed by atoms with E-state index in [1.165, 1.54) is 0 Å². The molecule has 0 bridgehead atoms. The molecule has 41 heavy (non-hydrogen) atoms. The van der Waals surface area contributed by atoms with Crippen LogP contribution in [0.5, 0.6) is 0 Å². The molecule has 2 aromatic rings. The molecule has 0 saturated carbocycles. The Morgan fingerprint density at radius 1 is 0.902 bits per heavy atom. The summed E-state index contributed by atoms with van der Waals surface area (Å²) >= 11 is 8.13. The van der Waals surface area contributed by atoms with Gasteiger partial charge in [0.25, 0.3) is 5.91 Å². The van der Waals surface area contributed by atoms with Gasteiger partial charge in [-0.15, -0.1) is 11.8 Å². The summed E-state index contributed by atoms with van der Waals surface area (Å²) in [6.07, 6.45) is 10.1. The van der Waals surface area contributed by atoms with Crippen molar-refractivity contribution in [1.82, 2.24) is 9.80 Å². The maximum Gasteiger partial charge on any atom is 0.251 e. The molecule has 6 rings (SSSR count). The molecule has 2 aromatic carbocycles. The third kappa shape index (κ3) is 4.90. The Labute approximate surface area is 249 Å². The van der Waals surface area contributed by atoms with Crippen molar-refractivity contribution in [3.8, 4) is 0 Å². The Kier molecular flexibility index (Phi) is 7.99. The van der Waals surface area contributed by atoms with Crippen LogP contribution in [0.15, 0.2) is 78.9 Å². The minimum Gasteiger partial charge on any atom is -0.396 e. The number of anilines is 1. The van der Waals surface area contributed by atoms with E-state index in [9.17, 15) is 19.5 Å². The van der Waals surface area contributed by atoms with Crippen LogP contribution in [-0.2, 0) is 20.9 Å². The van der Waals surface area contributed by atoms with Crippen LogP contribution in [0.25, 0.3) is 0 Å². The van der Waals surface area contributed by atoms with Crippen LogP contribution in [0.2, 0.25) is 5.02 Å². The van der Waals surface area contributed by atoms with Gasteiger partial charge in [-0.3, -0.25) is 14.4 Å². The lowest BCUT2D eigenvalue weighted by molar-refractivity contribution is -0.143. The summed E-state index contributed by atoms with van der Waals surface area (Å²) in [7, 11) is 0. The summed E-state index contributed by atoms with van der Waals surface area (Å²) in [6, 6.07) is 16.4. The van der Waals surface area contributed by atoms with Crippen molar-refractivity contribution in [2.45, 2.75) is 41.8 Å². The number of halogens is 1. The Morgan fingerprint density at radius 2 is 1.68 bits per heavy atom. The van der Waals surface area contributed by atoms with E-state index >= 15 is 0 Å². The van der Waals surface area contributed by atoms with Gasteiger partial charge in [-0.2, -0.15) is 0 Å². The van der Waals surface area contributed by atoms with Gasteiger partial charge in [0.2, 0.25) is 11.8 Å². The highest BCUT2D eigenvalue weighted by atomic mass is 35.5. The summed E-state index contributed by atoms with van der Waals surface area (Å²) < 4.78 is -0.869. The molecule has 1 spiro atoms. The number of carbonyl (C=O) groups excluding carboxylic acids is 3. The third-order valence-corrected chi connectivity index (χ3v) is 10.7. The third-order valence-electron chi connectivity index (χ3n) is 8.66. The average molecular weight is 592 g/mol. The zero-order valence-electron chi connectivity index (χ0n) is 22.8. The monoisotopic (exact) mass is 591 g/mol. The number of hydrogen-bond donors (Lipinski definition) is 1. The first kappa shape index (κ1) is 28.1. The average Bonchev–Trinajstić information content (AvgIpc) is 3.29. The Balaban J connectivity index is 1.38. The molecular formula is C32H34ClN3O4S. The van der Waals surface area contributed by atoms with Crippen LogP contribution >= 0.6 is 23.4 Å². The fourth-order valence-electron chi connectivity index (χ4n) is 6.83. The lowest BCUT2D eigenvalue weighted by Gasteiger charge is -2.35. The van der Waals surface area contributed by atoms with Crippen molar-refractivity contribution in [2.24, 2.45) is 11.8 Å². The zero-order valence-corrected chi connectivity index (χ0v) is 24.3. The lowest BCUT2D eigenvalue weighted by Crippen LogP contribution is -2.53. The quantitative estimate of drug-likeness (QED) is 0.366. The molecule has 4 aliphatic rings. The van der Waals surface area contributed by atoms with E-state index in [2.05, 4.69) is 6.08 Å². The molecule has 9 heteroatoms. The number of para-hydroxylation sites is 1. The number of unbranched alkanes of at least 4 members (excludes halogenated alkanes) is 2. The first-order valence-corrected chi connectivity index (χ1v) is 15.5. The number of fused-ring (bicyclic) bond motifs is 2. The van der Waals surface area contributed by atoms with Crippen molar-refractivity contribution in [1.29, 1.82) is 0 Å². The number of carbonyl (C=O) groups is 3. The molecule has 7 nitrogen and oxygen atoms in total. The van der Waals surface area contributed by atoms with Gasteiger partial charge in [0.1, 0.15) is 6.04 Å². The normalized spacial score (nSPS) is 28.9. The van der Waals surface area contributed by atoms with Crippen LogP contribution in [-0.4, -0.2) is 74.9 Å². The number of amides is 3. The first-order valence-electron chi connectivity index (χ1n) is 14.3. The number of nitrogens with zero attached hydrogens (tertiary/aromatic N) is 3. The number of hydrogen-bond acceptors (Lipinski definition) is 5. The van der Waals surface area contributed by atoms with Gasteiger partial charge in [0, 0.05) is 38.0 Å². The molecule has 0 radical (unpaired) electrons. The molecule has 214 valence electrons. The minimum absolute atomic E-state index is 0.0412. The number of aliphatic hydroxyl groups is 1. The van der Waals surface area contributed by atoms with Crippen LogP contribution in [0.4, 0.5) is 5.69 Å². The predicted octanol–water partition coefficient (Wildman–Crippen LogP) is 4.30. The summed E-state index contributed by atoms with van der Waals surface area (Å²) in [5.74, 6) is -1.58. The molecule has 3 amide bonds. The van der Waals surface area contributed by atoms with Crippen LogP contribution < -0.4 is 4.90 Å². The van der Waals surface area contributed by atoms with Crippen molar-refractivity contribution in [3.63, 3.8) is 0 Å². The van der Waals surface area contributed by atoms with Gasteiger partial charge < -0.3 is 19.8 Å². The van der Waals surface area contributed by atoms with Crippen LogP contribution in [0, 0.1) is 11.8 Å². The van der Waals surface area contributed by atoms with E-state index in [1.54, 1.807) is 27.6 Å². The highest BCUT2D eigenvalue weighted by Gasteiger charge is 2.71. The van der Waals surface area contributed by atoms with Crippen molar-refractivity contribution in [2.75, 3.05) is 31.1 Å². The van der Waals surface area contributed by atoms with E-state index < -0.39 is 22.6 Å². The van der Waals surface area contributed by atoms with E-state index in [0.717, 1.165) is 12.0 Å². The van der Waals surface area contributed by atoms with Crippen LogP contribution in [0.3, 0.4) is 0 Å². The van der Waals surface area contributed by atoms with Crippen LogP contribution in [0.1, 0.15) is 24.8 Å². The highest BCUT2D eigenvalue weighted by Crippen LogP contribution is 2.61. The standard InChI is InChI=1S/C32H34ClN3O4S/c33-23-13-5-6-14-24(23)35-19-10-16-32-27(30(39)36(28(32)31(35)40)18-7-2-8-20-37)26-25(41-32)15-9-17-34(29(26)38)21-22-11-3-1-4-12-22/h1,3-6,9-16,25-28,37H,2,7-8,17-21H2/t25-,26+,27-,28?,32-/m0/s1. The Morgan fingerprint density at radius 3 is 2.46 bits per heavy atom. The molecule has 1 unspecified atom stereocenters. The number of likely N-dealkylation sites (tertiary alicyclic amines) is 1. The predicted molar refractivity (Wildman–Crippen MR) is 161 cm³/mol. The summed E-state index contributed by atoms with van der Waals surface area (Å²) in [6.45, 7) is 1.77. The molecule has 1 N–H and O–H groups in total. The second-order valence-corrected chi connectivity index (χ2v) is 13.0. The zero-order chi connectivity index (χ0) is 28.6. The number of rotatable bonds is 8. The van der Waals surface area contributed by atoms with Gasteiger partial charge in [-0.05, 0) is 37.0 Å². The van der Waals surface area contributed by atoms with Crippen molar-refractivity contribution >= 4 is 46.8 Å². The fourth-order valence-corrected chi connectivity index (χ4v) is 9.08. The van der Waals surface area contributed by atoms with Gasteiger partial charge >= 0.3 is 0 Å². The number of benzene rings is 2. The van der Waals surface area contributed by atoms with Gasteiger partial charge in [0.05, 0.1) is 27.3 Å². The maximum absolute atomic E-state index is 14.5. The fraction of sp³-hybridized carbons (Fsp3) is 0.406. The second-order valence-electron chi connectivity index (χ2n) is 11.1. The summed E-state index contributed by atoms with van der Waals surface area (Å²) in [5, 5.41) is 9.56. The van der Waals surface area contributed by atoms with E-state index in [-0.39, 0.29) is 29.6 Å². The largest absolute Gasteiger partial charge is 0.396 e. The SMILES string of the molecule is O=C1[C@@H]2[C@H](C=CCN1Cc1ccccc1)S[C@]13C=CCN(c4ccccc4Cl)C(=O)C1N(CCCCCO)C(=O)[C@H]23. The lowest BCUT2D eigenvalue weighted by atomic mass is 9.78. The molecule has 5 atom stereocenters. The number of thioether (sulfide) groups is 1. The van der Waals surface area contributed by atoms with Gasteiger partial charge in [-0.25, -0.2) is 0 Å². The molecule has 2 saturated heterocycles. The Bertz CT molecular complexity index is 1380. The first-order chi connectivity index (χ1) is 20.0. The topological polar surface area (TPSA) is 81.2 Å². The summed E-state index contributed by atoms with van der Waals surface area (Å²) in [4.78, 5) is 48.3. The van der Waals surface area contributed by atoms with Gasteiger partial charge in [0.15, 0.2) is 0 Å². The van der Waals surface area contributed by atoms with E-state index in [4.69, 9.17) is 11.6 Å². The molecule has 4 heterocycles. The maximum atomic E-state index is 14.5. The smallest absolute Gasteiger partial charge is 0.251 e.